The Morgan fingerprint density at radius 1 is 0.911 bits per heavy atom. The molecule has 3 N–H and O–H groups in total. The van der Waals surface area contributed by atoms with E-state index >= 15 is 0 Å². The number of hydrogen-bond donors (Lipinski definition) is 3. The van der Waals surface area contributed by atoms with Crippen molar-refractivity contribution in [2.45, 2.75) is 82.9 Å². The molecular weight excluding hydrogens is 572 g/mol. The number of non-ortho nitro benzene ring substituents is 1. The van der Waals surface area contributed by atoms with Gasteiger partial charge in [0.1, 0.15) is 6.04 Å². The van der Waals surface area contributed by atoms with Crippen molar-refractivity contribution in [3.63, 3.8) is 0 Å². The van der Waals surface area contributed by atoms with Gasteiger partial charge in [-0.3, -0.25) is 19.7 Å². The largest absolute Gasteiger partial charge is 0.391 e. The number of anilines is 3. The van der Waals surface area contributed by atoms with Gasteiger partial charge in [-0.2, -0.15) is 0 Å². The molecule has 2 aromatic carbocycles. The van der Waals surface area contributed by atoms with E-state index in [1.54, 1.807) is 23.2 Å². The lowest BCUT2D eigenvalue weighted by Gasteiger charge is -2.40. The molecule has 2 unspecified atom stereocenters. The summed E-state index contributed by atoms with van der Waals surface area (Å²) >= 11 is 0. The van der Waals surface area contributed by atoms with Gasteiger partial charge in [0.2, 0.25) is 5.91 Å². The van der Waals surface area contributed by atoms with Crippen LogP contribution in [0.15, 0.2) is 60.7 Å². The number of benzene rings is 2. The maximum atomic E-state index is 14.3. The van der Waals surface area contributed by atoms with E-state index in [2.05, 4.69) is 22.6 Å². The summed E-state index contributed by atoms with van der Waals surface area (Å²) in [5.41, 5.74) is 5.13. The summed E-state index contributed by atoms with van der Waals surface area (Å²) < 4.78 is 0. The molecule has 2 amide bonds. The van der Waals surface area contributed by atoms with E-state index in [0.717, 1.165) is 51.1 Å². The number of unbranched alkanes of at least 4 members (excludes halogenated alkanes) is 7. The number of hydrazine groups is 1. The minimum atomic E-state index is -0.896. The van der Waals surface area contributed by atoms with Crippen molar-refractivity contribution in [1.29, 1.82) is 0 Å². The van der Waals surface area contributed by atoms with E-state index in [9.17, 15) is 24.8 Å². The van der Waals surface area contributed by atoms with Crippen molar-refractivity contribution in [2.75, 3.05) is 41.4 Å². The molecule has 2 aromatic rings. The average Bonchev–Trinajstić information content (AvgIpc) is 3.32. The van der Waals surface area contributed by atoms with Gasteiger partial charge in [-0.05, 0) is 30.7 Å². The lowest BCUT2D eigenvalue weighted by molar-refractivity contribution is -0.384. The van der Waals surface area contributed by atoms with Crippen LogP contribution < -0.4 is 20.5 Å². The zero-order valence-corrected chi connectivity index (χ0v) is 26.1. The van der Waals surface area contributed by atoms with Crippen molar-refractivity contribution >= 4 is 34.6 Å². The van der Waals surface area contributed by atoms with Crippen LogP contribution in [-0.2, 0) is 9.59 Å². The molecule has 0 bridgehead atoms. The molecule has 3 aliphatic rings. The zero-order chi connectivity index (χ0) is 31.8. The van der Waals surface area contributed by atoms with Crippen molar-refractivity contribution < 1.29 is 19.6 Å². The number of fused-ring (bicyclic) bond motifs is 1. The molecule has 2 fully saturated rings. The third-order valence-corrected chi connectivity index (χ3v) is 9.12. The number of aliphatic hydroxyl groups is 1. The summed E-state index contributed by atoms with van der Waals surface area (Å²) in [5, 5.41) is 27.7. The molecule has 5 rings (SSSR count). The summed E-state index contributed by atoms with van der Waals surface area (Å²) in [6.45, 7) is 5.37. The maximum absolute atomic E-state index is 14.3. The van der Waals surface area contributed by atoms with E-state index in [0.29, 0.717) is 17.8 Å². The summed E-state index contributed by atoms with van der Waals surface area (Å²) in [6, 6.07) is 12.0. The molecule has 2 saturated heterocycles. The van der Waals surface area contributed by atoms with Crippen LogP contribution in [0.3, 0.4) is 0 Å². The predicted octanol–water partition coefficient (Wildman–Crippen LogP) is 5.02. The Morgan fingerprint density at radius 3 is 2.22 bits per heavy atom. The van der Waals surface area contributed by atoms with Gasteiger partial charge in [0.15, 0.2) is 0 Å². The highest BCUT2D eigenvalue weighted by atomic mass is 16.6. The maximum Gasteiger partial charge on any atom is 0.269 e. The number of nitro benzene ring substituents is 1. The summed E-state index contributed by atoms with van der Waals surface area (Å²) in [6.07, 6.45) is 12.6. The van der Waals surface area contributed by atoms with E-state index < -0.39 is 29.0 Å². The minimum absolute atomic E-state index is 0.0499. The molecule has 0 saturated carbocycles. The second-order valence-corrected chi connectivity index (χ2v) is 12.2. The van der Waals surface area contributed by atoms with Crippen LogP contribution in [-0.4, -0.2) is 71.2 Å². The number of hydrogen-bond acceptors (Lipinski definition) is 9. The number of piperazine rings is 1. The van der Waals surface area contributed by atoms with Crippen LogP contribution in [0.5, 0.6) is 0 Å². The molecule has 0 aliphatic carbocycles. The fourth-order valence-electron chi connectivity index (χ4n) is 6.66. The van der Waals surface area contributed by atoms with Crippen LogP contribution in [0.2, 0.25) is 0 Å². The molecule has 3 aliphatic heterocycles. The third-order valence-electron chi connectivity index (χ3n) is 9.12. The van der Waals surface area contributed by atoms with E-state index in [4.69, 9.17) is 0 Å². The highest BCUT2D eigenvalue weighted by molar-refractivity contribution is 6.25. The minimum Gasteiger partial charge on any atom is -0.391 e. The number of imide groups is 1. The van der Waals surface area contributed by atoms with Crippen LogP contribution >= 0.6 is 0 Å². The Morgan fingerprint density at radius 2 is 1.56 bits per heavy atom. The van der Waals surface area contributed by atoms with Gasteiger partial charge in [0.25, 0.3) is 11.6 Å². The Balaban J connectivity index is 1.37. The van der Waals surface area contributed by atoms with Crippen LogP contribution in [0, 0.1) is 16.0 Å². The number of carbonyl (C=O) groups excluding carboxylic acids is 2. The summed E-state index contributed by atoms with van der Waals surface area (Å²) in [4.78, 5) is 42.5. The SMILES string of the molecule is CCCCCCCCCC[C@H](O)C1C=CC2C(=O)N(c3ccccc3N3CCNCC3)C(=O)[C@H]2N1Nc1ccc([N+](=O)[O-])cc1. The first-order valence-electron chi connectivity index (χ1n) is 16.5. The first kappa shape index (κ1) is 32.6. The highest BCUT2D eigenvalue weighted by Crippen LogP contribution is 2.39. The van der Waals surface area contributed by atoms with Gasteiger partial charge in [-0.15, -0.1) is 0 Å². The lowest BCUT2D eigenvalue weighted by atomic mass is 9.91. The predicted molar refractivity (Wildman–Crippen MR) is 176 cm³/mol. The standard InChI is InChI=1S/C34H46N6O5/c1-2-3-4-5-6-7-8-9-14-31(41)30-20-19-27-32(39(30)36-25-15-17-26(18-16-25)40(44)45)34(43)38(33(27)42)29-13-11-10-12-28(29)37-23-21-35-22-24-37/h10-13,15-20,27,30-32,35-36,41H,2-9,14,21-24H2,1H3/t27?,30?,31-,32-/m0/s1. The Bertz CT molecular complexity index is 1340. The number of nitrogens with zero attached hydrogens (tertiary/aromatic N) is 4. The molecule has 4 atom stereocenters. The molecule has 0 aromatic heterocycles. The Labute approximate surface area is 265 Å². The number of aliphatic hydroxyl groups excluding tert-OH is 1. The number of carbonyl (C=O) groups is 2. The van der Waals surface area contributed by atoms with Crippen LogP contribution in [0.1, 0.15) is 64.7 Å². The number of para-hydroxylation sites is 2. The van der Waals surface area contributed by atoms with Gasteiger partial charge in [0, 0.05) is 44.0 Å². The number of rotatable bonds is 15. The molecule has 45 heavy (non-hydrogen) atoms. The van der Waals surface area contributed by atoms with Crippen molar-refractivity contribution in [2.24, 2.45) is 5.92 Å². The van der Waals surface area contributed by atoms with Crippen LogP contribution in [0.4, 0.5) is 22.7 Å². The monoisotopic (exact) mass is 618 g/mol. The van der Waals surface area contributed by atoms with Crippen molar-refractivity contribution in [1.82, 2.24) is 10.3 Å². The Kier molecular flexibility index (Phi) is 11.2. The van der Waals surface area contributed by atoms with Crippen molar-refractivity contribution in [3.05, 3.63) is 70.8 Å². The zero-order valence-electron chi connectivity index (χ0n) is 26.1. The second kappa shape index (κ2) is 15.5. The first-order chi connectivity index (χ1) is 21.9. The first-order valence-corrected chi connectivity index (χ1v) is 16.5. The molecule has 242 valence electrons. The third kappa shape index (κ3) is 7.54. The normalized spacial score (nSPS) is 22.5. The van der Waals surface area contributed by atoms with E-state index in [1.807, 2.05) is 30.3 Å². The molecule has 0 radical (unpaired) electrons. The Hall–Kier alpha value is -3.80. The van der Waals surface area contributed by atoms with Gasteiger partial charge in [-0.25, -0.2) is 9.91 Å². The molecule has 11 nitrogen and oxygen atoms in total. The van der Waals surface area contributed by atoms with E-state index in [1.165, 1.54) is 49.1 Å². The average molecular weight is 619 g/mol. The highest BCUT2D eigenvalue weighted by Gasteiger charge is 2.54. The van der Waals surface area contributed by atoms with Crippen LogP contribution in [0.25, 0.3) is 0 Å². The number of nitrogens with one attached hydrogen (secondary N) is 2. The van der Waals surface area contributed by atoms with Gasteiger partial charge >= 0.3 is 0 Å². The summed E-state index contributed by atoms with van der Waals surface area (Å²) in [5.74, 6) is -1.42. The quantitative estimate of drug-likeness (QED) is 0.0828. The van der Waals surface area contributed by atoms with Gasteiger partial charge < -0.3 is 20.7 Å². The lowest BCUT2D eigenvalue weighted by Crippen LogP contribution is -2.57. The smallest absolute Gasteiger partial charge is 0.269 e. The molecule has 11 heteroatoms. The topological polar surface area (TPSA) is 131 Å². The molecular formula is C34H46N6O5. The fraction of sp³-hybridized carbons (Fsp3) is 0.529. The van der Waals surface area contributed by atoms with Crippen molar-refractivity contribution in [3.8, 4) is 0 Å². The molecule has 0 spiro atoms. The van der Waals surface area contributed by atoms with Gasteiger partial charge in [-0.1, -0.05) is 82.6 Å². The van der Waals surface area contributed by atoms with Gasteiger partial charge in [0.05, 0.1) is 34.4 Å². The second-order valence-electron chi connectivity index (χ2n) is 12.2. The summed E-state index contributed by atoms with van der Waals surface area (Å²) in [7, 11) is 0. The molecule has 3 heterocycles. The fourth-order valence-corrected chi connectivity index (χ4v) is 6.66. The number of nitro groups is 1. The van der Waals surface area contributed by atoms with E-state index in [-0.39, 0.29) is 17.5 Å². The number of amides is 2.